The molecule has 1 rings (SSSR count). The molecule has 1 fully saturated rings. The van der Waals surface area contributed by atoms with Crippen molar-refractivity contribution in [2.24, 2.45) is 5.92 Å². The maximum absolute atomic E-state index is 8.92. The second kappa shape index (κ2) is 5.74. The third-order valence-electron chi connectivity index (χ3n) is 2.36. The summed E-state index contributed by atoms with van der Waals surface area (Å²) in [4.78, 5) is 0. The van der Waals surface area contributed by atoms with E-state index in [1.54, 1.807) is 6.08 Å². The summed E-state index contributed by atoms with van der Waals surface area (Å²) in [5.41, 5.74) is 0. The van der Waals surface area contributed by atoms with Gasteiger partial charge in [-0.25, -0.2) is 0 Å². The zero-order valence-corrected chi connectivity index (χ0v) is 7.83. The van der Waals surface area contributed by atoms with Gasteiger partial charge in [0.15, 0.2) is 0 Å². The van der Waals surface area contributed by atoms with Gasteiger partial charge in [0.2, 0.25) is 0 Å². The summed E-state index contributed by atoms with van der Waals surface area (Å²) in [6.45, 7) is 5.90. The molecule has 13 heavy (non-hydrogen) atoms. The lowest BCUT2D eigenvalue weighted by Gasteiger charge is -2.26. The molecular formula is C10H16N2O. The van der Waals surface area contributed by atoms with Crippen molar-refractivity contribution < 1.29 is 4.74 Å². The first-order valence-electron chi connectivity index (χ1n) is 4.70. The largest absolute Gasteiger partial charge is 0.381 e. The zero-order valence-electron chi connectivity index (χ0n) is 7.83. The molecule has 3 nitrogen and oxygen atoms in total. The molecule has 1 heterocycles. The summed E-state index contributed by atoms with van der Waals surface area (Å²) in [6.07, 6.45) is 3.76. The van der Waals surface area contributed by atoms with Crippen molar-refractivity contribution in [3.63, 3.8) is 0 Å². The summed E-state index contributed by atoms with van der Waals surface area (Å²) in [5, 5.41) is 12.1. The van der Waals surface area contributed by atoms with Gasteiger partial charge in [-0.1, -0.05) is 6.08 Å². The molecule has 0 amide bonds. The smallest absolute Gasteiger partial charge is 0.0985 e. The van der Waals surface area contributed by atoms with Crippen LogP contribution in [0, 0.1) is 17.2 Å². The van der Waals surface area contributed by atoms with Crippen LogP contribution in [0.3, 0.4) is 0 Å². The molecule has 3 heteroatoms. The fourth-order valence-electron chi connectivity index (χ4n) is 1.58. The molecule has 0 bridgehead atoms. The third-order valence-corrected chi connectivity index (χ3v) is 2.36. The van der Waals surface area contributed by atoms with E-state index in [4.69, 9.17) is 10.00 Å². The second-order valence-corrected chi connectivity index (χ2v) is 3.25. The Kier molecular flexibility index (Phi) is 4.52. The van der Waals surface area contributed by atoms with Crippen LogP contribution in [0.25, 0.3) is 0 Å². The van der Waals surface area contributed by atoms with Gasteiger partial charge in [-0.05, 0) is 18.8 Å². The van der Waals surface area contributed by atoms with Crippen molar-refractivity contribution in [2.45, 2.75) is 18.9 Å². The Morgan fingerprint density at radius 2 is 2.31 bits per heavy atom. The van der Waals surface area contributed by atoms with Gasteiger partial charge in [0, 0.05) is 19.8 Å². The van der Waals surface area contributed by atoms with Crippen molar-refractivity contribution in [1.29, 1.82) is 5.26 Å². The summed E-state index contributed by atoms with van der Waals surface area (Å²) < 4.78 is 5.24. The van der Waals surface area contributed by atoms with Crippen LogP contribution in [0.2, 0.25) is 0 Å². The van der Waals surface area contributed by atoms with Crippen LogP contribution in [-0.2, 0) is 4.74 Å². The minimum absolute atomic E-state index is 0.0399. The van der Waals surface area contributed by atoms with Gasteiger partial charge in [0.25, 0.3) is 0 Å². The lowest BCUT2D eigenvalue weighted by Crippen LogP contribution is -2.37. The summed E-state index contributed by atoms with van der Waals surface area (Å²) in [6, 6.07) is 2.25. The zero-order chi connectivity index (χ0) is 9.52. The predicted octanol–water partition coefficient (Wildman–Crippen LogP) is 1.08. The van der Waals surface area contributed by atoms with E-state index in [0.29, 0.717) is 12.5 Å². The highest BCUT2D eigenvalue weighted by atomic mass is 16.5. The number of nitrogens with one attached hydrogen (secondary N) is 1. The monoisotopic (exact) mass is 180 g/mol. The van der Waals surface area contributed by atoms with Crippen LogP contribution in [0.1, 0.15) is 12.8 Å². The number of ether oxygens (including phenoxy) is 1. The molecule has 0 radical (unpaired) electrons. The Bertz CT molecular complexity index is 192. The van der Waals surface area contributed by atoms with Crippen LogP contribution >= 0.6 is 0 Å². The first-order valence-corrected chi connectivity index (χ1v) is 4.70. The summed E-state index contributed by atoms with van der Waals surface area (Å²) in [5.74, 6) is 0.443. The molecule has 0 aromatic carbocycles. The number of hydrogen-bond acceptors (Lipinski definition) is 3. The van der Waals surface area contributed by atoms with Gasteiger partial charge in [0.1, 0.15) is 0 Å². The minimum Gasteiger partial charge on any atom is -0.381 e. The van der Waals surface area contributed by atoms with E-state index < -0.39 is 0 Å². The van der Waals surface area contributed by atoms with Crippen molar-refractivity contribution in [1.82, 2.24) is 5.32 Å². The van der Waals surface area contributed by atoms with E-state index in [0.717, 1.165) is 26.1 Å². The first kappa shape index (κ1) is 10.2. The second-order valence-electron chi connectivity index (χ2n) is 3.25. The Hall–Kier alpha value is -0.850. The van der Waals surface area contributed by atoms with Gasteiger partial charge in [-0.15, -0.1) is 6.58 Å². The molecule has 0 spiro atoms. The SMILES string of the molecule is C=CCNC(C#N)C1CCOCC1. The van der Waals surface area contributed by atoms with Gasteiger partial charge >= 0.3 is 0 Å². The lowest BCUT2D eigenvalue weighted by atomic mass is 9.92. The maximum atomic E-state index is 8.92. The minimum atomic E-state index is -0.0399. The number of rotatable bonds is 4. The summed E-state index contributed by atoms with van der Waals surface area (Å²) >= 11 is 0. The highest BCUT2D eigenvalue weighted by Crippen LogP contribution is 2.18. The highest BCUT2D eigenvalue weighted by molar-refractivity contribution is 4.96. The van der Waals surface area contributed by atoms with Crippen LogP contribution in [0.5, 0.6) is 0 Å². The first-order chi connectivity index (χ1) is 6.38. The molecule has 1 unspecified atom stereocenters. The standard InChI is InChI=1S/C10H16N2O/c1-2-5-12-10(8-11)9-3-6-13-7-4-9/h2,9-10,12H,1,3-7H2. The fourth-order valence-corrected chi connectivity index (χ4v) is 1.58. The average Bonchev–Trinajstić information content (AvgIpc) is 2.21. The molecule has 1 saturated heterocycles. The van der Waals surface area contributed by atoms with Gasteiger partial charge in [0.05, 0.1) is 12.1 Å². The molecule has 72 valence electrons. The number of nitriles is 1. The van der Waals surface area contributed by atoms with Crippen LogP contribution < -0.4 is 5.32 Å². The number of hydrogen-bond donors (Lipinski definition) is 1. The Balaban J connectivity index is 2.35. The molecule has 1 atom stereocenters. The van der Waals surface area contributed by atoms with E-state index in [1.165, 1.54) is 0 Å². The third kappa shape index (κ3) is 3.17. The van der Waals surface area contributed by atoms with Crippen LogP contribution in [0.4, 0.5) is 0 Å². The fraction of sp³-hybridized carbons (Fsp3) is 0.700. The molecule has 0 aliphatic carbocycles. The van der Waals surface area contributed by atoms with E-state index in [9.17, 15) is 0 Å². The molecule has 0 aromatic rings. The van der Waals surface area contributed by atoms with Gasteiger partial charge < -0.3 is 4.74 Å². The van der Waals surface area contributed by atoms with Gasteiger partial charge in [-0.2, -0.15) is 5.26 Å². The highest BCUT2D eigenvalue weighted by Gasteiger charge is 2.22. The van der Waals surface area contributed by atoms with Crippen LogP contribution in [0.15, 0.2) is 12.7 Å². The van der Waals surface area contributed by atoms with E-state index >= 15 is 0 Å². The Labute approximate surface area is 79.4 Å². The Morgan fingerprint density at radius 1 is 1.62 bits per heavy atom. The van der Waals surface area contributed by atoms with Crippen molar-refractivity contribution >= 4 is 0 Å². The van der Waals surface area contributed by atoms with Crippen molar-refractivity contribution in [3.8, 4) is 6.07 Å². The van der Waals surface area contributed by atoms with E-state index in [2.05, 4.69) is 18.0 Å². The normalized spacial score (nSPS) is 20.5. The predicted molar refractivity (Wildman–Crippen MR) is 51.1 cm³/mol. The van der Waals surface area contributed by atoms with Crippen molar-refractivity contribution in [2.75, 3.05) is 19.8 Å². The van der Waals surface area contributed by atoms with E-state index in [1.807, 2.05) is 0 Å². The average molecular weight is 180 g/mol. The molecule has 0 saturated carbocycles. The van der Waals surface area contributed by atoms with Crippen molar-refractivity contribution in [3.05, 3.63) is 12.7 Å². The molecule has 0 aromatic heterocycles. The molecule has 1 aliphatic rings. The molecule has 1 N–H and O–H groups in total. The lowest BCUT2D eigenvalue weighted by molar-refractivity contribution is 0.0603. The summed E-state index contributed by atoms with van der Waals surface area (Å²) in [7, 11) is 0. The number of nitrogens with zero attached hydrogens (tertiary/aromatic N) is 1. The quantitative estimate of drug-likeness (QED) is 0.658. The Morgan fingerprint density at radius 3 is 2.85 bits per heavy atom. The van der Waals surface area contributed by atoms with Crippen LogP contribution in [-0.4, -0.2) is 25.8 Å². The van der Waals surface area contributed by atoms with E-state index in [-0.39, 0.29) is 6.04 Å². The maximum Gasteiger partial charge on any atom is 0.0985 e. The molecule has 1 aliphatic heterocycles. The van der Waals surface area contributed by atoms with Gasteiger partial charge in [-0.3, -0.25) is 5.32 Å². The molecular weight excluding hydrogens is 164 g/mol. The topological polar surface area (TPSA) is 45.0 Å².